The molecular weight excluding hydrogens is 177 g/mol. The summed E-state index contributed by atoms with van der Waals surface area (Å²) >= 11 is 0. The molecule has 0 aromatic heterocycles. The van der Waals surface area contributed by atoms with E-state index in [4.69, 9.17) is 0 Å². The number of nitrogens with zero attached hydrogens (tertiary/aromatic N) is 1. The Morgan fingerprint density at radius 3 is 1.77 bits per heavy atom. The van der Waals surface area contributed by atoms with Crippen LogP contribution < -0.4 is 0 Å². The van der Waals surface area contributed by atoms with Gasteiger partial charge in [-0.05, 0) is 29.8 Å². The van der Waals surface area contributed by atoms with Crippen LogP contribution in [0.4, 0.5) is 0 Å². The van der Waals surface area contributed by atoms with E-state index in [0.717, 1.165) is 0 Å². The molecule has 1 nitrogen and oxygen atoms in total. The van der Waals surface area contributed by atoms with Crippen LogP contribution in [0.2, 0.25) is 0 Å². The summed E-state index contributed by atoms with van der Waals surface area (Å²) in [5.41, 5.74) is 1.41. The third kappa shape index (κ3) is 2.13. The van der Waals surface area contributed by atoms with E-state index in [1.165, 1.54) is 18.6 Å². The van der Waals surface area contributed by atoms with Gasteiger partial charge >= 0.3 is 0 Å². The quantitative estimate of drug-likeness (QED) is 0.529. The molecule has 0 N–H and O–H groups in total. The predicted molar refractivity (Wildman–Crippen MR) is 63.6 cm³/mol. The smallest absolute Gasteiger partial charge is 0.0276 e. The molecule has 1 saturated heterocycles. The lowest BCUT2D eigenvalue weighted by Crippen LogP contribution is -2.39. The summed E-state index contributed by atoms with van der Waals surface area (Å²) in [6.07, 6.45) is 2.41. The first-order valence-corrected chi connectivity index (χ1v) is 6.77. The maximum Gasteiger partial charge on any atom is 0.0276 e. The van der Waals surface area contributed by atoms with Crippen LogP contribution in [0, 0.1) is 0 Å². The molecule has 1 rings (SSSR count). The van der Waals surface area contributed by atoms with Crippen molar-refractivity contribution in [2.24, 2.45) is 4.99 Å². The molecule has 1 aliphatic heterocycles. The summed E-state index contributed by atoms with van der Waals surface area (Å²) in [6.45, 7) is 12.0. The molecule has 0 radical (unpaired) electrons. The molecule has 1 heterocycles. The molecule has 0 atom stereocenters. The van der Waals surface area contributed by atoms with Crippen molar-refractivity contribution in [3.8, 4) is 0 Å². The molecule has 0 unspecified atom stereocenters. The van der Waals surface area contributed by atoms with Gasteiger partial charge in [0.05, 0.1) is 0 Å². The van der Waals surface area contributed by atoms with E-state index in [0.29, 0.717) is 10.3 Å². The first kappa shape index (κ1) is 11.2. The van der Waals surface area contributed by atoms with Crippen LogP contribution in [0.1, 0.15) is 40.5 Å². The Labute approximate surface area is 83.8 Å². The van der Waals surface area contributed by atoms with Gasteiger partial charge in [0.1, 0.15) is 0 Å². The number of aliphatic imine (C=N–C) groups is 1. The second kappa shape index (κ2) is 3.35. The maximum absolute atomic E-state index is 4.40. The molecule has 0 amide bonds. The summed E-state index contributed by atoms with van der Waals surface area (Å²) in [5.74, 6) is 0. The number of rotatable bonds is 0. The molecule has 0 bridgehead atoms. The van der Waals surface area contributed by atoms with Gasteiger partial charge in [-0.1, -0.05) is 35.6 Å². The van der Waals surface area contributed by atoms with Gasteiger partial charge in [-0.15, -0.1) is 0 Å². The van der Waals surface area contributed by atoms with Crippen LogP contribution in [-0.4, -0.2) is 29.7 Å². The second-order valence-electron chi connectivity index (χ2n) is 5.33. The van der Waals surface area contributed by atoms with Gasteiger partial charge in [-0.3, -0.25) is 4.99 Å². The monoisotopic (exact) mass is 199 g/mol. The van der Waals surface area contributed by atoms with Crippen molar-refractivity contribution < 1.29 is 0 Å². The molecule has 1 fully saturated rings. The highest BCUT2D eigenvalue weighted by molar-refractivity contribution is 7.60. The molecular formula is C11H22NP. The van der Waals surface area contributed by atoms with Crippen LogP contribution in [-0.2, 0) is 0 Å². The molecule has 0 aliphatic carbocycles. The van der Waals surface area contributed by atoms with Crippen molar-refractivity contribution in [2.45, 2.75) is 50.8 Å². The van der Waals surface area contributed by atoms with Gasteiger partial charge in [-0.2, -0.15) is 0 Å². The standard InChI is InChI=1S/C11H22NP/c1-10(2)7-9(12-5)8-11(3,4)13(10)6/h7-8H2,1-6H3. The third-order valence-electron chi connectivity index (χ3n) is 3.41. The maximum atomic E-state index is 4.40. The van der Waals surface area contributed by atoms with Crippen LogP contribution in [0.25, 0.3) is 0 Å². The fourth-order valence-electron chi connectivity index (χ4n) is 2.28. The summed E-state index contributed by atoms with van der Waals surface area (Å²) in [4.78, 5) is 4.40. The Hall–Kier alpha value is 0.100. The minimum atomic E-state index is 0.109. The summed E-state index contributed by atoms with van der Waals surface area (Å²) < 4.78 is 0. The van der Waals surface area contributed by atoms with Crippen molar-refractivity contribution in [1.82, 2.24) is 0 Å². The average molecular weight is 199 g/mol. The highest BCUT2D eigenvalue weighted by atomic mass is 31.1. The summed E-state index contributed by atoms with van der Waals surface area (Å²) in [6, 6.07) is 0. The van der Waals surface area contributed by atoms with Gasteiger partial charge in [0.2, 0.25) is 0 Å². The molecule has 2 heteroatoms. The summed E-state index contributed by atoms with van der Waals surface area (Å²) in [7, 11) is 2.04. The highest BCUT2D eigenvalue weighted by Gasteiger charge is 2.42. The van der Waals surface area contributed by atoms with Crippen molar-refractivity contribution in [3.05, 3.63) is 0 Å². The van der Waals surface area contributed by atoms with Crippen molar-refractivity contribution in [3.63, 3.8) is 0 Å². The van der Waals surface area contributed by atoms with E-state index in [9.17, 15) is 0 Å². The van der Waals surface area contributed by atoms with Crippen LogP contribution in [0.15, 0.2) is 4.99 Å². The van der Waals surface area contributed by atoms with Gasteiger partial charge < -0.3 is 0 Å². The van der Waals surface area contributed by atoms with Gasteiger partial charge in [0, 0.05) is 12.8 Å². The van der Waals surface area contributed by atoms with E-state index in [1.54, 1.807) is 0 Å². The molecule has 0 saturated carbocycles. The second-order valence-corrected chi connectivity index (χ2v) is 8.87. The van der Waals surface area contributed by atoms with E-state index >= 15 is 0 Å². The molecule has 0 aromatic rings. The lowest BCUT2D eigenvalue weighted by atomic mass is 9.96. The Morgan fingerprint density at radius 1 is 1.08 bits per heavy atom. The minimum absolute atomic E-state index is 0.109. The van der Waals surface area contributed by atoms with Crippen molar-refractivity contribution in [2.75, 3.05) is 13.7 Å². The topological polar surface area (TPSA) is 12.4 Å². The Bertz CT molecular complexity index is 208. The fourth-order valence-corrected chi connectivity index (χ4v) is 4.75. The molecule has 1 aliphatic rings. The minimum Gasteiger partial charge on any atom is -0.297 e. The van der Waals surface area contributed by atoms with Crippen molar-refractivity contribution in [1.29, 1.82) is 0 Å². The van der Waals surface area contributed by atoms with E-state index in [2.05, 4.69) is 39.4 Å². The zero-order valence-corrected chi connectivity index (χ0v) is 10.7. The zero-order chi connectivity index (χ0) is 10.3. The number of hydrogen-bond donors (Lipinski definition) is 0. The molecule has 0 spiro atoms. The average Bonchev–Trinajstić information content (AvgIpc) is 1.99. The van der Waals surface area contributed by atoms with Crippen LogP contribution >= 0.6 is 7.92 Å². The Balaban J connectivity index is 2.95. The third-order valence-corrected chi connectivity index (χ3v) is 7.35. The molecule has 76 valence electrons. The van der Waals surface area contributed by atoms with Crippen LogP contribution in [0.3, 0.4) is 0 Å². The predicted octanol–water partition coefficient (Wildman–Crippen LogP) is 3.52. The highest BCUT2D eigenvalue weighted by Crippen LogP contribution is 2.62. The molecule has 13 heavy (non-hydrogen) atoms. The Kier molecular flexibility index (Phi) is 2.88. The summed E-state index contributed by atoms with van der Waals surface area (Å²) in [5, 5.41) is 0.956. The lowest BCUT2D eigenvalue weighted by molar-refractivity contribution is 0.614. The number of hydrogen-bond acceptors (Lipinski definition) is 1. The first-order chi connectivity index (χ1) is 5.79. The van der Waals surface area contributed by atoms with E-state index < -0.39 is 0 Å². The molecule has 0 aromatic carbocycles. The van der Waals surface area contributed by atoms with Crippen LogP contribution in [0.5, 0.6) is 0 Å². The van der Waals surface area contributed by atoms with Gasteiger partial charge in [0.15, 0.2) is 0 Å². The largest absolute Gasteiger partial charge is 0.297 e. The van der Waals surface area contributed by atoms with Gasteiger partial charge in [-0.25, -0.2) is 0 Å². The lowest BCUT2D eigenvalue weighted by Gasteiger charge is -2.48. The SMILES string of the molecule is CN=C1CC(C)(C)P(C)C(C)(C)C1. The van der Waals surface area contributed by atoms with E-state index in [1.807, 2.05) is 7.05 Å². The zero-order valence-electron chi connectivity index (χ0n) is 9.81. The Morgan fingerprint density at radius 2 is 1.46 bits per heavy atom. The van der Waals surface area contributed by atoms with Gasteiger partial charge in [0.25, 0.3) is 0 Å². The first-order valence-electron chi connectivity index (χ1n) is 4.98. The van der Waals surface area contributed by atoms with Crippen molar-refractivity contribution >= 4 is 13.6 Å². The fraction of sp³-hybridized carbons (Fsp3) is 0.909. The van der Waals surface area contributed by atoms with E-state index in [-0.39, 0.29) is 7.92 Å². The normalized spacial score (nSPS) is 31.5.